The Labute approximate surface area is 176 Å². The second-order valence-electron chi connectivity index (χ2n) is 6.74. The lowest BCUT2D eigenvalue weighted by atomic mass is 10.1. The summed E-state index contributed by atoms with van der Waals surface area (Å²) in [5, 5.41) is 14.3. The van der Waals surface area contributed by atoms with E-state index in [-0.39, 0.29) is 18.5 Å². The number of aromatic nitrogens is 1. The number of aliphatic carboxylic acids is 1. The monoisotopic (exact) mass is 430 g/mol. The molecule has 8 nitrogen and oxygen atoms in total. The van der Waals surface area contributed by atoms with Crippen LogP contribution in [-0.4, -0.2) is 34.6 Å². The Morgan fingerprint density at radius 1 is 1.33 bits per heavy atom. The number of carbonyl (C=O) groups is 2. The van der Waals surface area contributed by atoms with Crippen molar-refractivity contribution in [2.75, 3.05) is 6.61 Å². The van der Waals surface area contributed by atoms with Crippen molar-refractivity contribution in [1.29, 1.82) is 0 Å². The number of amides is 1. The van der Waals surface area contributed by atoms with Crippen LogP contribution >= 0.6 is 11.3 Å². The first-order chi connectivity index (χ1) is 14.3. The number of nitrogens with one attached hydrogen (secondary N) is 1. The van der Waals surface area contributed by atoms with E-state index in [1.165, 1.54) is 17.6 Å². The lowest BCUT2D eigenvalue weighted by Crippen LogP contribution is -2.42. The van der Waals surface area contributed by atoms with Gasteiger partial charge < -0.3 is 19.6 Å². The molecule has 3 rings (SSSR count). The molecular weight excluding hydrogens is 408 g/mol. The number of aryl methyl sites for hydroxylation is 2. The van der Waals surface area contributed by atoms with E-state index in [4.69, 9.17) is 14.3 Å². The fraction of sp³-hybridized carbons (Fsp3) is 0.333. The Bertz CT molecular complexity index is 1150. The number of nitrogens with zero attached hydrogens (tertiary/aromatic N) is 1. The second kappa shape index (κ2) is 9.08. The van der Waals surface area contributed by atoms with Crippen LogP contribution < -0.4 is 15.5 Å². The number of thiazole rings is 1. The van der Waals surface area contributed by atoms with Gasteiger partial charge >= 0.3 is 5.97 Å². The average molecular weight is 430 g/mol. The Morgan fingerprint density at radius 2 is 2.10 bits per heavy atom. The highest BCUT2D eigenvalue weighted by atomic mass is 32.1. The standard InChI is InChI=1S/C21H22N2O6S/c1-4-12-6-13-17(28-8-14(19(13)25)20-22-11(3)10-30-20)7-16(12)29-9-18(24)23-15(5-2)21(26)27/h6-8,10,15H,4-5,9H2,1-3H3,(H,23,24)(H,26,27)/t15-/m0/s1. The number of carboxylic acids is 1. The Morgan fingerprint density at radius 3 is 2.70 bits per heavy atom. The average Bonchev–Trinajstić information content (AvgIpc) is 3.15. The number of hydrogen-bond acceptors (Lipinski definition) is 7. The number of hydrogen-bond donors (Lipinski definition) is 2. The molecule has 2 N–H and O–H groups in total. The first-order valence-electron chi connectivity index (χ1n) is 9.49. The summed E-state index contributed by atoms with van der Waals surface area (Å²) < 4.78 is 11.3. The quantitative estimate of drug-likeness (QED) is 0.563. The maximum atomic E-state index is 12.9. The first-order valence-corrected chi connectivity index (χ1v) is 10.4. The van der Waals surface area contributed by atoms with Crippen molar-refractivity contribution < 1.29 is 23.8 Å². The van der Waals surface area contributed by atoms with Crippen molar-refractivity contribution in [2.24, 2.45) is 0 Å². The number of rotatable bonds is 8. The molecule has 0 aliphatic rings. The van der Waals surface area contributed by atoms with Gasteiger partial charge in [-0.1, -0.05) is 13.8 Å². The molecule has 0 unspecified atom stereocenters. The summed E-state index contributed by atoms with van der Waals surface area (Å²) in [6.45, 7) is 5.09. The molecule has 9 heteroatoms. The molecule has 3 aromatic rings. The number of benzene rings is 1. The van der Waals surface area contributed by atoms with E-state index in [2.05, 4.69) is 10.3 Å². The topological polar surface area (TPSA) is 119 Å². The minimum Gasteiger partial charge on any atom is -0.483 e. The van der Waals surface area contributed by atoms with E-state index in [0.717, 1.165) is 11.3 Å². The van der Waals surface area contributed by atoms with Gasteiger partial charge in [0.2, 0.25) is 5.43 Å². The van der Waals surface area contributed by atoms with E-state index in [9.17, 15) is 14.4 Å². The fourth-order valence-corrected chi connectivity index (χ4v) is 3.75. The molecule has 0 bridgehead atoms. The Kier molecular flexibility index (Phi) is 6.51. The van der Waals surface area contributed by atoms with Crippen molar-refractivity contribution in [2.45, 2.75) is 39.7 Å². The van der Waals surface area contributed by atoms with Crippen molar-refractivity contribution in [3.8, 4) is 16.3 Å². The van der Waals surface area contributed by atoms with Gasteiger partial charge in [0, 0.05) is 17.1 Å². The number of carboxylic acid groups (broad SMARTS) is 1. The van der Waals surface area contributed by atoms with Crippen LogP contribution in [0.25, 0.3) is 21.5 Å². The molecule has 0 aliphatic carbocycles. The summed E-state index contributed by atoms with van der Waals surface area (Å²) in [6.07, 6.45) is 2.22. The largest absolute Gasteiger partial charge is 0.483 e. The van der Waals surface area contributed by atoms with E-state index < -0.39 is 17.9 Å². The summed E-state index contributed by atoms with van der Waals surface area (Å²) in [5.41, 5.74) is 2.12. The molecule has 0 fully saturated rings. The van der Waals surface area contributed by atoms with Gasteiger partial charge in [-0.25, -0.2) is 9.78 Å². The summed E-state index contributed by atoms with van der Waals surface area (Å²) in [6, 6.07) is 2.31. The molecule has 0 saturated heterocycles. The molecular formula is C21H22N2O6S. The lowest BCUT2D eigenvalue weighted by molar-refractivity contribution is -0.142. The van der Waals surface area contributed by atoms with Crippen LogP contribution in [0.5, 0.6) is 5.75 Å². The van der Waals surface area contributed by atoms with Crippen LogP contribution in [0.3, 0.4) is 0 Å². The summed E-state index contributed by atoms with van der Waals surface area (Å²) in [7, 11) is 0. The number of carbonyl (C=O) groups excluding carboxylic acids is 1. The van der Waals surface area contributed by atoms with E-state index in [1.54, 1.807) is 19.1 Å². The van der Waals surface area contributed by atoms with Crippen LogP contribution in [0.2, 0.25) is 0 Å². The smallest absolute Gasteiger partial charge is 0.326 e. The van der Waals surface area contributed by atoms with Gasteiger partial charge in [-0.05, 0) is 31.4 Å². The third-order valence-corrected chi connectivity index (χ3v) is 5.58. The van der Waals surface area contributed by atoms with Crippen molar-refractivity contribution >= 4 is 34.2 Å². The van der Waals surface area contributed by atoms with Gasteiger partial charge in [-0.3, -0.25) is 9.59 Å². The third-order valence-electron chi connectivity index (χ3n) is 4.59. The maximum absolute atomic E-state index is 12.9. The van der Waals surface area contributed by atoms with Gasteiger partial charge in [0.05, 0.1) is 10.9 Å². The van der Waals surface area contributed by atoms with Crippen molar-refractivity contribution in [1.82, 2.24) is 10.3 Å². The predicted molar refractivity (Wildman–Crippen MR) is 113 cm³/mol. The highest BCUT2D eigenvalue weighted by Crippen LogP contribution is 2.28. The maximum Gasteiger partial charge on any atom is 0.326 e. The molecule has 158 valence electrons. The lowest BCUT2D eigenvalue weighted by Gasteiger charge is -2.14. The van der Waals surface area contributed by atoms with Gasteiger partial charge in [0.1, 0.15) is 28.6 Å². The number of ether oxygens (including phenoxy) is 1. The predicted octanol–water partition coefficient (Wildman–Crippen LogP) is 3.15. The van der Waals surface area contributed by atoms with Gasteiger partial charge in [-0.2, -0.15) is 0 Å². The van der Waals surface area contributed by atoms with E-state index >= 15 is 0 Å². The van der Waals surface area contributed by atoms with Crippen LogP contribution in [0, 0.1) is 6.92 Å². The van der Waals surface area contributed by atoms with Crippen LogP contribution in [-0.2, 0) is 16.0 Å². The summed E-state index contributed by atoms with van der Waals surface area (Å²) >= 11 is 1.38. The Hall–Kier alpha value is -3.20. The van der Waals surface area contributed by atoms with E-state index in [0.29, 0.717) is 33.7 Å². The zero-order chi connectivity index (χ0) is 21.8. The minimum atomic E-state index is -1.10. The molecule has 0 spiro atoms. The van der Waals surface area contributed by atoms with Crippen LogP contribution in [0.15, 0.2) is 33.0 Å². The Balaban J connectivity index is 1.87. The molecule has 0 saturated carbocycles. The summed E-state index contributed by atoms with van der Waals surface area (Å²) in [4.78, 5) is 40.4. The van der Waals surface area contributed by atoms with Crippen molar-refractivity contribution in [3.05, 3.63) is 45.3 Å². The van der Waals surface area contributed by atoms with Gasteiger partial charge in [0.25, 0.3) is 5.91 Å². The first kappa shape index (κ1) is 21.5. The van der Waals surface area contributed by atoms with Crippen molar-refractivity contribution in [3.63, 3.8) is 0 Å². The molecule has 30 heavy (non-hydrogen) atoms. The highest BCUT2D eigenvalue weighted by Gasteiger charge is 2.19. The number of fused-ring (bicyclic) bond motifs is 1. The molecule has 2 aromatic heterocycles. The van der Waals surface area contributed by atoms with Crippen LogP contribution in [0.1, 0.15) is 31.5 Å². The minimum absolute atomic E-state index is 0.183. The summed E-state index contributed by atoms with van der Waals surface area (Å²) in [5.74, 6) is -1.23. The molecule has 2 heterocycles. The van der Waals surface area contributed by atoms with Gasteiger partial charge in [-0.15, -0.1) is 11.3 Å². The normalized spacial score (nSPS) is 12.0. The molecule has 1 atom stereocenters. The molecule has 0 aliphatic heterocycles. The van der Waals surface area contributed by atoms with Gasteiger partial charge in [0.15, 0.2) is 6.61 Å². The molecule has 1 amide bonds. The third kappa shape index (κ3) is 4.51. The zero-order valence-corrected chi connectivity index (χ0v) is 17.7. The highest BCUT2D eigenvalue weighted by molar-refractivity contribution is 7.13. The zero-order valence-electron chi connectivity index (χ0n) is 16.9. The van der Waals surface area contributed by atoms with E-state index in [1.807, 2.05) is 19.2 Å². The fourth-order valence-electron chi connectivity index (χ4n) is 2.96. The molecule has 1 aromatic carbocycles. The molecule has 0 radical (unpaired) electrons. The van der Waals surface area contributed by atoms with Crippen LogP contribution in [0.4, 0.5) is 0 Å². The SMILES string of the molecule is CCc1cc2c(=O)c(-c3nc(C)cs3)coc2cc1OCC(=O)N[C@@H](CC)C(=O)O. The second-order valence-corrected chi connectivity index (χ2v) is 7.60.